The summed E-state index contributed by atoms with van der Waals surface area (Å²) in [6.07, 6.45) is 1.30. The number of anilines is 1. The van der Waals surface area contributed by atoms with Gasteiger partial charge in [0.2, 0.25) is 0 Å². The molecule has 1 aromatic heterocycles. The lowest BCUT2D eigenvalue weighted by molar-refractivity contribution is 0.0600. The first-order chi connectivity index (χ1) is 10.0. The Balaban J connectivity index is 2.16. The van der Waals surface area contributed by atoms with E-state index in [0.29, 0.717) is 11.3 Å². The van der Waals surface area contributed by atoms with E-state index < -0.39 is 11.9 Å². The summed E-state index contributed by atoms with van der Waals surface area (Å²) >= 11 is 11.6. The van der Waals surface area contributed by atoms with Crippen molar-refractivity contribution in [2.45, 2.75) is 0 Å². The average molecular weight is 325 g/mol. The van der Waals surface area contributed by atoms with Gasteiger partial charge in [-0.05, 0) is 30.3 Å². The molecule has 0 bridgehead atoms. The molecule has 0 spiro atoms. The van der Waals surface area contributed by atoms with Crippen LogP contribution in [0.4, 0.5) is 5.69 Å². The molecule has 0 saturated carbocycles. The SMILES string of the molecule is COC(=O)c1ccc(NC(=O)c2cc(Cl)ncc2Cl)cc1. The molecule has 1 N–H and O–H groups in total. The van der Waals surface area contributed by atoms with Gasteiger partial charge in [-0.1, -0.05) is 23.2 Å². The predicted molar refractivity (Wildman–Crippen MR) is 80.0 cm³/mol. The number of methoxy groups -OCH3 is 1. The van der Waals surface area contributed by atoms with Crippen molar-refractivity contribution in [3.8, 4) is 0 Å². The number of pyridine rings is 1. The van der Waals surface area contributed by atoms with Gasteiger partial charge in [-0.25, -0.2) is 9.78 Å². The molecule has 108 valence electrons. The van der Waals surface area contributed by atoms with E-state index >= 15 is 0 Å². The molecule has 2 aromatic rings. The number of esters is 1. The van der Waals surface area contributed by atoms with Crippen molar-refractivity contribution < 1.29 is 14.3 Å². The fourth-order valence-corrected chi connectivity index (χ4v) is 1.94. The third-order valence-corrected chi connectivity index (χ3v) is 3.14. The summed E-state index contributed by atoms with van der Waals surface area (Å²) in [5.74, 6) is -0.869. The Morgan fingerprint density at radius 1 is 1.19 bits per heavy atom. The van der Waals surface area contributed by atoms with Crippen LogP contribution in [0, 0.1) is 0 Å². The summed E-state index contributed by atoms with van der Waals surface area (Å²) in [4.78, 5) is 27.2. The molecule has 0 saturated heterocycles. The maximum atomic E-state index is 12.1. The molecule has 0 unspecified atom stereocenters. The molecule has 5 nitrogen and oxygen atoms in total. The van der Waals surface area contributed by atoms with Crippen LogP contribution in [0.1, 0.15) is 20.7 Å². The number of carbonyl (C=O) groups is 2. The normalized spacial score (nSPS) is 10.0. The fraction of sp³-hybridized carbons (Fsp3) is 0.0714. The quantitative estimate of drug-likeness (QED) is 0.693. The summed E-state index contributed by atoms with van der Waals surface area (Å²) in [6.45, 7) is 0. The van der Waals surface area contributed by atoms with Crippen molar-refractivity contribution in [3.05, 3.63) is 57.8 Å². The van der Waals surface area contributed by atoms with Crippen LogP contribution in [0.15, 0.2) is 36.5 Å². The van der Waals surface area contributed by atoms with Gasteiger partial charge in [-0.2, -0.15) is 0 Å². The zero-order valence-corrected chi connectivity index (χ0v) is 12.4. The number of nitrogens with zero attached hydrogens (tertiary/aromatic N) is 1. The molecule has 0 aliphatic heterocycles. The molecule has 0 fully saturated rings. The van der Waals surface area contributed by atoms with Crippen LogP contribution in [0.5, 0.6) is 0 Å². The second-order valence-electron chi connectivity index (χ2n) is 4.01. The van der Waals surface area contributed by atoms with E-state index in [0.717, 1.165) is 0 Å². The topological polar surface area (TPSA) is 68.3 Å². The largest absolute Gasteiger partial charge is 0.465 e. The van der Waals surface area contributed by atoms with E-state index in [1.165, 1.54) is 19.4 Å². The monoisotopic (exact) mass is 324 g/mol. The molecule has 1 heterocycles. The first-order valence-corrected chi connectivity index (χ1v) is 6.57. The summed E-state index contributed by atoms with van der Waals surface area (Å²) in [5, 5.41) is 3.02. The van der Waals surface area contributed by atoms with Crippen molar-refractivity contribution in [1.29, 1.82) is 0 Å². The molecule has 0 aliphatic carbocycles. The third kappa shape index (κ3) is 3.71. The summed E-state index contributed by atoms with van der Waals surface area (Å²) in [7, 11) is 1.30. The maximum absolute atomic E-state index is 12.1. The summed E-state index contributed by atoms with van der Waals surface area (Å²) in [6, 6.07) is 7.63. The van der Waals surface area contributed by atoms with Gasteiger partial charge in [0.1, 0.15) is 5.15 Å². The van der Waals surface area contributed by atoms with Gasteiger partial charge in [-0.3, -0.25) is 4.79 Å². The molecule has 2 rings (SSSR count). The van der Waals surface area contributed by atoms with Crippen LogP contribution in [0.25, 0.3) is 0 Å². The first-order valence-electron chi connectivity index (χ1n) is 5.82. The van der Waals surface area contributed by atoms with Gasteiger partial charge in [-0.15, -0.1) is 0 Å². The lowest BCUT2D eigenvalue weighted by atomic mass is 10.2. The van der Waals surface area contributed by atoms with Gasteiger partial charge in [0.15, 0.2) is 0 Å². The molecule has 1 aromatic carbocycles. The average Bonchev–Trinajstić information content (AvgIpc) is 2.49. The molecule has 0 aliphatic rings. The van der Waals surface area contributed by atoms with E-state index in [2.05, 4.69) is 15.0 Å². The van der Waals surface area contributed by atoms with Gasteiger partial charge < -0.3 is 10.1 Å². The Hall–Kier alpha value is -2.11. The van der Waals surface area contributed by atoms with E-state index in [9.17, 15) is 9.59 Å². The maximum Gasteiger partial charge on any atom is 0.337 e. The minimum atomic E-state index is -0.447. The minimum Gasteiger partial charge on any atom is -0.465 e. The number of ether oxygens (including phenoxy) is 1. The number of benzene rings is 1. The number of halogens is 2. The second-order valence-corrected chi connectivity index (χ2v) is 4.80. The first kappa shape index (κ1) is 15.3. The van der Waals surface area contributed by atoms with Crippen molar-refractivity contribution >= 4 is 40.8 Å². The molecular formula is C14H10Cl2N2O3. The second kappa shape index (κ2) is 6.56. The Morgan fingerprint density at radius 3 is 2.48 bits per heavy atom. The Labute approximate surface area is 130 Å². The number of rotatable bonds is 3. The lowest BCUT2D eigenvalue weighted by Crippen LogP contribution is -2.13. The predicted octanol–water partition coefficient (Wildman–Crippen LogP) is 3.43. The van der Waals surface area contributed by atoms with Gasteiger partial charge in [0.05, 0.1) is 23.3 Å². The van der Waals surface area contributed by atoms with Crippen LogP contribution >= 0.6 is 23.2 Å². The highest BCUT2D eigenvalue weighted by Gasteiger charge is 2.12. The van der Waals surface area contributed by atoms with Crippen LogP contribution < -0.4 is 5.32 Å². The molecule has 21 heavy (non-hydrogen) atoms. The van der Waals surface area contributed by atoms with Crippen molar-refractivity contribution in [2.75, 3.05) is 12.4 Å². The summed E-state index contributed by atoms with van der Waals surface area (Å²) in [5.41, 5.74) is 1.12. The Bertz CT molecular complexity index is 687. The molecular weight excluding hydrogens is 315 g/mol. The Morgan fingerprint density at radius 2 is 1.86 bits per heavy atom. The lowest BCUT2D eigenvalue weighted by Gasteiger charge is -2.07. The molecule has 0 radical (unpaired) electrons. The van der Waals surface area contributed by atoms with E-state index in [1.54, 1.807) is 24.3 Å². The highest BCUT2D eigenvalue weighted by atomic mass is 35.5. The zero-order chi connectivity index (χ0) is 15.4. The zero-order valence-electron chi connectivity index (χ0n) is 10.9. The highest BCUT2D eigenvalue weighted by molar-refractivity contribution is 6.35. The van der Waals surface area contributed by atoms with Crippen LogP contribution in [0.2, 0.25) is 10.2 Å². The van der Waals surface area contributed by atoms with Crippen molar-refractivity contribution in [3.63, 3.8) is 0 Å². The number of hydrogen-bond donors (Lipinski definition) is 1. The van der Waals surface area contributed by atoms with E-state index in [-0.39, 0.29) is 15.7 Å². The number of amides is 1. The fourth-order valence-electron chi connectivity index (χ4n) is 1.59. The van der Waals surface area contributed by atoms with Crippen molar-refractivity contribution in [2.24, 2.45) is 0 Å². The molecule has 0 atom stereocenters. The Kier molecular flexibility index (Phi) is 4.77. The standard InChI is InChI=1S/C14H10Cl2N2O3/c1-21-14(20)8-2-4-9(5-3-8)18-13(19)10-6-12(16)17-7-11(10)15/h2-7H,1H3,(H,18,19). The molecule has 1 amide bonds. The van der Waals surface area contributed by atoms with Crippen molar-refractivity contribution in [1.82, 2.24) is 4.98 Å². The molecule has 7 heteroatoms. The van der Waals surface area contributed by atoms with E-state index in [1.807, 2.05) is 0 Å². The highest BCUT2D eigenvalue weighted by Crippen LogP contribution is 2.20. The number of nitrogens with one attached hydrogen (secondary N) is 1. The number of aromatic nitrogens is 1. The minimum absolute atomic E-state index is 0.172. The van der Waals surface area contributed by atoms with Gasteiger partial charge in [0.25, 0.3) is 5.91 Å². The number of hydrogen-bond acceptors (Lipinski definition) is 4. The summed E-state index contributed by atoms with van der Waals surface area (Å²) < 4.78 is 4.59. The van der Waals surface area contributed by atoms with Crippen LogP contribution in [-0.4, -0.2) is 24.0 Å². The third-order valence-electron chi connectivity index (χ3n) is 2.63. The smallest absolute Gasteiger partial charge is 0.337 e. The van der Waals surface area contributed by atoms with E-state index in [4.69, 9.17) is 23.2 Å². The van der Waals surface area contributed by atoms with Crippen LogP contribution in [0.3, 0.4) is 0 Å². The van der Waals surface area contributed by atoms with Gasteiger partial charge in [0, 0.05) is 11.9 Å². The van der Waals surface area contributed by atoms with Gasteiger partial charge >= 0.3 is 5.97 Å². The van der Waals surface area contributed by atoms with Crippen LogP contribution in [-0.2, 0) is 4.74 Å². The number of carbonyl (C=O) groups excluding carboxylic acids is 2.